The highest BCUT2D eigenvalue weighted by atomic mass is 16.5. The number of likely N-dealkylation sites (tertiary alicyclic amines) is 1. The molecule has 1 aliphatic carbocycles. The molecule has 144 valence electrons. The molecule has 1 saturated carbocycles. The summed E-state index contributed by atoms with van der Waals surface area (Å²) in [7, 11) is 0. The zero-order chi connectivity index (χ0) is 19.8. The average Bonchev–Trinajstić information content (AvgIpc) is 3.25. The lowest BCUT2D eigenvalue weighted by Gasteiger charge is -2.15. The third kappa shape index (κ3) is 3.29. The fourth-order valence-corrected chi connectivity index (χ4v) is 3.95. The van der Waals surface area contributed by atoms with Gasteiger partial charge >= 0.3 is 0 Å². The molecule has 29 heavy (non-hydrogen) atoms. The number of rotatable bonds is 5. The number of nitrogens with one attached hydrogen (secondary N) is 2. The molecule has 2 fully saturated rings. The molecule has 1 amide bonds. The van der Waals surface area contributed by atoms with Gasteiger partial charge in [-0.25, -0.2) is 0 Å². The van der Waals surface area contributed by atoms with Crippen molar-refractivity contribution in [3.63, 3.8) is 0 Å². The number of H-pyrrole nitrogens is 1. The fourth-order valence-electron chi connectivity index (χ4n) is 3.95. The second kappa shape index (κ2) is 6.99. The monoisotopic (exact) mass is 385 g/mol. The minimum absolute atomic E-state index is 0.000926. The molecule has 1 aliphatic heterocycles. The molecule has 7 nitrogen and oxygen atoms in total. The number of piperidine rings is 1. The molecule has 7 heteroatoms. The van der Waals surface area contributed by atoms with Crippen LogP contribution < -0.4 is 10.1 Å². The topological polar surface area (TPSA) is 94.0 Å². The molecule has 2 heterocycles. The van der Waals surface area contributed by atoms with E-state index in [4.69, 9.17) is 10.00 Å². The first-order chi connectivity index (χ1) is 14.2. The molecule has 0 spiro atoms. The molecular formula is C22H19N5O2. The van der Waals surface area contributed by atoms with Crippen LogP contribution in [0.3, 0.4) is 0 Å². The van der Waals surface area contributed by atoms with Gasteiger partial charge < -0.3 is 15.0 Å². The number of amides is 1. The molecule has 0 radical (unpaired) electrons. The van der Waals surface area contributed by atoms with Crippen LogP contribution in [-0.4, -0.2) is 39.6 Å². The van der Waals surface area contributed by atoms with E-state index < -0.39 is 0 Å². The van der Waals surface area contributed by atoms with Crippen molar-refractivity contribution in [3.8, 4) is 28.9 Å². The van der Waals surface area contributed by atoms with Gasteiger partial charge in [0.25, 0.3) is 5.91 Å². The van der Waals surface area contributed by atoms with E-state index in [0.717, 1.165) is 17.7 Å². The predicted molar refractivity (Wildman–Crippen MR) is 106 cm³/mol. The maximum Gasteiger partial charge on any atom is 0.272 e. The summed E-state index contributed by atoms with van der Waals surface area (Å²) in [5.41, 5.74) is 1.85. The molecule has 1 aromatic heterocycles. The van der Waals surface area contributed by atoms with Crippen LogP contribution in [0.25, 0.3) is 11.3 Å². The average molecular weight is 385 g/mol. The standard InChI is InChI=1S/C22H19N5O2/c23-13-27-12-19(16-10-20(16)27)24-22(28)18-11-17(25-26-18)15-8-4-5-9-21(15)29-14-6-2-1-3-7-14/h1-9,11,16,19-20H,10,12H2,(H,24,28)(H,25,26)/t16-,19-,20-/m0/s1. The molecule has 1 saturated heterocycles. The summed E-state index contributed by atoms with van der Waals surface area (Å²) in [5.74, 6) is 1.55. The van der Waals surface area contributed by atoms with Crippen LogP contribution in [0.5, 0.6) is 11.5 Å². The predicted octanol–water partition coefficient (Wildman–Crippen LogP) is 3.15. The van der Waals surface area contributed by atoms with Crippen molar-refractivity contribution >= 4 is 5.91 Å². The largest absolute Gasteiger partial charge is 0.457 e. The molecule has 5 rings (SSSR count). The SMILES string of the molecule is N#CN1C[C@H](NC(=O)c2cc(-c3ccccc3Oc3ccccc3)[nH]n2)[C@@H]2C[C@@H]21. The lowest BCUT2D eigenvalue weighted by molar-refractivity contribution is 0.0928. The highest BCUT2D eigenvalue weighted by molar-refractivity contribution is 5.93. The summed E-state index contributed by atoms with van der Waals surface area (Å²) >= 11 is 0. The highest BCUT2D eigenvalue weighted by Gasteiger charge is 2.54. The van der Waals surface area contributed by atoms with Gasteiger partial charge in [0, 0.05) is 24.1 Å². The Morgan fingerprint density at radius 3 is 2.79 bits per heavy atom. The van der Waals surface area contributed by atoms with Gasteiger partial charge in [-0.1, -0.05) is 30.3 Å². The maximum absolute atomic E-state index is 12.7. The number of fused-ring (bicyclic) bond motifs is 1. The first-order valence-corrected chi connectivity index (χ1v) is 9.58. The van der Waals surface area contributed by atoms with Gasteiger partial charge in [0.1, 0.15) is 11.5 Å². The Hall–Kier alpha value is -3.79. The van der Waals surface area contributed by atoms with Gasteiger partial charge in [-0.2, -0.15) is 10.4 Å². The van der Waals surface area contributed by atoms with Crippen LogP contribution in [-0.2, 0) is 0 Å². The Morgan fingerprint density at radius 2 is 2.00 bits per heavy atom. The smallest absolute Gasteiger partial charge is 0.272 e. The van der Waals surface area contributed by atoms with Gasteiger partial charge in [-0.3, -0.25) is 9.89 Å². The van der Waals surface area contributed by atoms with Crippen LogP contribution in [0.15, 0.2) is 60.7 Å². The molecule has 2 N–H and O–H groups in total. The zero-order valence-electron chi connectivity index (χ0n) is 15.6. The maximum atomic E-state index is 12.7. The second-order valence-electron chi connectivity index (χ2n) is 7.38. The minimum atomic E-state index is -0.232. The third-order valence-corrected chi connectivity index (χ3v) is 5.52. The number of carbonyl (C=O) groups is 1. The van der Waals surface area contributed by atoms with Crippen LogP contribution in [0.1, 0.15) is 16.9 Å². The molecule has 3 aromatic rings. The second-order valence-corrected chi connectivity index (χ2v) is 7.38. The van der Waals surface area contributed by atoms with Crippen LogP contribution >= 0.6 is 0 Å². The van der Waals surface area contributed by atoms with Crippen molar-refractivity contribution in [2.45, 2.75) is 18.5 Å². The van der Waals surface area contributed by atoms with E-state index in [-0.39, 0.29) is 11.9 Å². The van der Waals surface area contributed by atoms with Gasteiger partial charge in [0.15, 0.2) is 11.9 Å². The number of hydrogen-bond acceptors (Lipinski definition) is 5. The van der Waals surface area contributed by atoms with Crippen molar-refractivity contribution in [3.05, 3.63) is 66.4 Å². The first kappa shape index (κ1) is 17.3. The van der Waals surface area contributed by atoms with Crippen molar-refractivity contribution < 1.29 is 9.53 Å². The first-order valence-electron chi connectivity index (χ1n) is 9.58. The Bertz CT molecular complexity index is 1090. The summed E-state index contributed by atoms with van der Waals surface area (Å²) in [5, 5.41) is 19.3. The van der Waals surface area contributed by atoms with Crippen molar-refractivity contribution in [1.29, 1.82) is 5.26 Å². The number of aromatic nitrogens is 2. The fraction of sp³-hybridized carbons (Fsp3) is 0.227. The van der Waals surface area contributed by atoms with Crippen LogP contribution in [0.4, 0.5) is 0 Å². The summed E-state index contributed by atoms with van der Waals surface area (Å²) in [6.07, 6.45) is 3.16. The number of benzene rings is 2. The highest BCUT2D eigenvalue weighted by Crippen LogP contribution is 2.44. The van der Waals surface area contributed by atoms with E-state index in [0.29, 0.717) is 35.6 Å². The van der Waals surface area contributed by atoms with E-state index in [2.05, 4.69) is 21.7 Å². The van der Waals surface area contributed by atoms with E-state index in [1.807, 2.05) is 54.6 Å². The quantitative estimate of drug-likeness (QED) is 0.658. The summed E-state index contributed by atoms with van der Waals surface area (Å²) in [4.78, 5) is 14.4. The van der Waals surface area contributed by atoms with Crippen LogP contribution in [0, 0.1) is 17.4 Å². The van der Waals surface area contributed by atoms with Gasteiger partial charge in [0.2, 0.25) is 0 Å². The zero-order valence-corrected chi connectivity index (χ0v) is 15.6. The summed E-state index contributed by atoms with van der Waals surface area (Å²) in [6.45, 7) is 0.572. The lowest BCUT2D eigenvalue weighted by atomic mass is 10.1. The molecule has 2 aliphatic rings. The molecule has 3 atom stereocenters. The molecule has 2 aromatic carbocycles. The number of nitriles is 1. The third-order valence-electron chi connectivity index (χ3n) is 5.52. The number of carbonyl (C=O) groups excluding carboxylic acids is 1. The normalized spacial score (nSPS) is 21.9. The van der Waals surface area contributed by atoms with Crippen molar-refractivity contribution in [2.75, 3.05) is 6.54 Å². The number of aromatic amines is 1. The van der Waals surface area contributed by atoms with E-state index >= 15 is 0 Å². The van der Waals surface area contributed by atoms with Crippen molar-refractivity contribution in [2.24, 2.45) is 5.92 Å². The minimum Gasteiger partial charge on any atom is -0.457 e. The number of hydrogen-bond donors (Lipinski definition) is 2. The van der Waals surface area contributed by atoms with E-state index in [9.17, 15) is 4.79 Å². The van der Waals surface area contributed by atoms with Gasteiger partial charge in [-0.05, 0) is 36.8 Å². The van der Waals surface area contributed by atoms with Crippen molar-refractivity contribution in [1.82, 2.24) is 20.4 Å². The number of nitrogens with zero attached hydrogens (tertiary/aromatic N) is 3. The Kier molecular flexibility index (Phi) is 4.17. The Balaban J connectivity index is 1.33. The molecule has 0 bridgehead atoms. The Morgan fingerprint density at radius 1 is 1.21 bits per heavy atom. The van der Waals surface area contributed by atoms with Gasteiger partial charge in [-0.15, -0.1) is 0 Å². The molecule has 0 unspecified atom stereocenters. The summed E-state index contributed by atoms with van der Waals surface area (Å²) < 4.78 is 6.00. The lowest BCUT2D eigenvalue weighted by Crippen LogP contribution is -2.39. The Labute approximate surface area is 167 Å². The van der Waals surface area contributed by atoms with Gasteiger partial charge in [0.05, 0.1) is 11.7 Å². The number of para-hydroxylation sites is 2. The summed E-state index contributed by atoms with van der Waals surface area (Å²) in [6, 6.07) is 19.2. The van der Waals surface area contributed by atoms with Crippen LogP contribution in [0.2, 0.25) is 0 Å². The van der Waals surface area contributed by atoms with E-state index in [1.165, 1.54) is 0 Å². The molecular weight excluding hydrogens is 366 g/mol. The number of ether oxygens (including phenoxy) is 1. The van der Waals surface area contributed by atoms with E-state index in [1.54, 1.807) is 11.0 Å².